The Hall–Kier alpha value is -2.62. The first-order valence-electron chi connectivity index (χ1n) is 12.2. The third-order valence-corrected chi connectivity index (χ3v) is 6.40. The summed E-state index contributed by atoms with van der Waals surface area (Å²) in [5.41, 5.74) is 1.08. The Morgan fingerprint density at radius 2 is 1.33 bits per heavy atom. The molecule has 0 bridgehead atoms. The average molecular weight is 495 g/mol. The number of aliphatic hydroxyl groups excluding tert-OH is 2. The van der Waals surface area contributed by atoms with Gasteiger partial charge in [-0.15, -0.1) is 0 Å². The molecule has 36 heavy (non-hydrogen) atoms. The van der Waals surface area contributed by atoms with E-state index in [0.717, 1.165) is 16.7 Å². The van der Waals surface area contributed by atoms with Gasteiger partial charge in [-0.25, -0.2) is 0 Å². The van der Waals surface area contributed by atoms with Gasteiger partial charge >= 0.3 is 0 Å². The topological polar surface area (TPSA) is 97.6 Å². The molecule has 1 aliphatic rings. The molecule has 0 unspecified atom stereocenters. The smallest absolute Gasteiger partial charge is 0.145 e. The van der Waals surface area contributed by atoms with Crippen LogP contribution in [0.3, 0.4) is 0 Å². The van der Waals surface area contributed by atoms with Crippen LogP contribution < -0.4 is 0 Å². The number of rotatable bonds is 12. The molecule has 4 rings (SSSR count). The van der Waals surface area contributed by atoms with Gasteiger partial charge in [-0.05, 0) is 16.7 Å². The molecule has 7 nitrogen and oxygen atoms in total. The van der Waals surface area contributed by atoms with Crippen molar-refractivity contribution in [1.29, 1.82) is 0 Å². The fourth-order valence-corrected chi connectivity index (χ4v) is 4.32. The summed E-state index contributed by atoms with van der Waals surface area (Å²) in [6, 6.07) is 28.8. The van der Waals surface area contributed by atoms with Gasteiger partial charge < -0.3 is 34.3 Å². The number of ether oxygens (including phenoxy) is 4. The van der Waals surface area contributed by atoms with Crippen molar-refractivity contribution in [2.75, 3.05) is 19.8 Å². The summed E-state index contributed by atoms with van der Waals surface area (Å²) < 4.78 is 23.9. The van der Waals surface area contributed by atoms with Crippen LogP contribution in [0.2, 0.25) is 0 Å². The normalized spacial score (nSPS) is 24.9. The third kappa shape index (κ3) is 6.78. The molecule has 0 radical (unpaired) electrons. The maximum absolute atomic E-state index is 11.9. The van der Waals surface area contributed by atoms with Crippen LogP contribution in [0.5, 0.6) is 0 Å². The van der Waals surface area contributed by atoms with E-state index >= 15 is 0 Å². The standard InChI is InChI=1S/C29H34O7/c30-16-25-27(31)28(35-19-24-14-8-3-9-15-24)29(32,21-36-25)26(34-18-23-12-6-2-7-13-23)20-33-17-22-10-4-1-5-11-22/h1-15,25-28,30-32H,16-21H2/t25-,26+,27-,28+,29-/m1/s1. The van der Waals surface area contributed by atoms with E-state index in [1.165, 1.54) is 0 Å². The first-order chi connectivity index (χ1) is 17.6. The summed E-state index contributed by atoms with van der Waals surface area (Å²) in [6.07, 6.45) is -4.11. The van der Waals surface area contributed by atoms with Gasteiger partial charge in [0.05, 0.1) is 39.6 Å². The molecule has 192 valence electrons. The highest BCUT2D eigenvalue weighted by atomic mass is 16.6. The number of aliphatic hydroxyl groups is 3. The predicted molar refractivity (Wildman–Crippen MR) is 134 cm³/mol. The molecular weight excluding hydrogens is 460 g/mol. The minimum absolute atomic E-state index is 0.0449. The minimum Gasteiger partial charge on any atom is -0.394 e. The van der Waals surface area contributed by atoms with E-state index in [4.69, 9.17) is 18.9 Å². The highest BCUT2D eigenvalue weighted by molar-refractivity contribution is 5.16. The van der Waals surface area contributed by atoms with E-state index in [0.29, 0.717) is 6.61 Å². The van der Waals surface area contributed by atoms with Gasteiger partial charge in [-0.2, -0.15) is 0 Å². The lowest BCUT2D eigenvalue weighted by Crippen LogP contribution is -2.68. The van der Waals surface area contributed by atoms with Crippen LogP contribution in [-0.4, -0.2) is 65.2 Å². The Morgan fingerprint density at radius 3 is 1.89 bits per heavy atom. The third-order valence-electron chi connectivity index (χ3n) is 6.40. The molecule has 0 saturated carbocycles. The number of hydrogen-bond acceptors (Lipinski definition) is 7. The SMILES string of the molecule is OC[C@H]1OC[C@@](O)([C@H](COCc2ccccc2)OCc2ccccc2)[C@@H](OCc2ccccc2)[C@@H]1O. The maximum atomic E-state index is 11.9. The first kappa shape index (κ1) is 26.4. The molecule has 1 saturated heterocycles. The summed E-state index contributed by atoms with van der Waals surface area (Å²) in [6.45, 7) is 0.182. The molecule has 0 aromatic heterocycles. The van der Waals surface area contributed by atoms with Gasteiger partial charge in [0.15, 0.2) is 0 Å². The Bertz CT molecular complexity index is 1020. The number of benzene rings is 3. The monoisotopic (exact) mass is 494 g/mol. The molecule has 0 amide bonds. The van der Waals surface area contributed by atoms with Crippen molar-refractivity contribution >= 4 is 0 Å². The van der Waals surface area contributed by atoms with Crippen molar-refractivity contribution < 1.29 is 34.3 Å². The maximum Gasteiger partial charge on any atom is 0.145 e. The van der Waals surface area contributed by atoms with Gasteiger partial charge in [0.2, 0.25) is 0 Å². The molecule has 3 aromatic rings. The summed E-state index contributed by atoms with van der Waals surface area (Å²) in [5.74, 6) is 0. The molecule has 3 aromatic carbocycles. The fourth-order valence-electron chi connectivity index (χ4n) is 4.32. The lowest BCUT2D eigenvalue weighted by molar-refractivity contribution is -0.293. The summed E-state index contributed by atoms with van der Waals surface area (Å²) in [4.78, 5) is 0. The second kappa shape index (κ2) is 13.1. The lowest BCUT2D eigenvalue weighted by Gasteiger charge is -2.48. The van der Waals surface area contributed by atoms with Crippen molar-refractivity contribution in [3.8, 4) is 0 Å². The predicted octanol–water partition coefficient (Wildman–Crippen LogP) is 2.86. The van der Waals surface area contributed by atoms with E-state index in [1.54, 1.807) is 0 Å². The van der Waals surface area contributed by atoms with Gasteiger partial charge in [-0.3, -0.25) is 0 Å². The first-order valence-corrected chi connectivity index (χ1v) is 12.2. The lowest BCUT2D eigenvalue weighted by atomic mass is 9.83. The zero-order valence-corrected chi connectivity index (χ0v) is 20.2. The molecule has 1 fully saturated rings. The average Bonchev–Trinajstić information content (AvgIpc) is 2.92. The summed E-state index contributed by atoms with van der Waals surface area (Å²) in [7, 11) is 0. The van der Waals surface area contributed by atoms with E-state index < -0.39 is 36.6 Å². The molecule has 1 aliphatic heterocycles. The zero-order chi connectivity index (χ0) is 25.2. The molecule has 7 heteroatoms. The Morgan fingerprint density at radius 1 is 0.806 bits per heavy atom. The molecule has 0 spiro atoms. The van der Waals surface area contributed by atoms with Crippen LogP contribution in [0.1, 0.15) is 16.7 Å². The van der Waals surface area contributed by atoms with Crippen molar-refractivity contribution in [1.82, 2.24) is 0 Å². The highest BCUT2D eigenvalue weighted by Crippen LogP contribution is 2.33. The van der Waals surface area contributed by atoms with E-state index in [-0.39, 0.29) is 26.4 Å². The van der Waals surface area contributed by atoms with Gasteiger partial charge in [0.1, 0.15) is 30.0 Å². The van der Waals surface area contributed by atoms with E-state index in [2.05, 4.69) is 0 Å². The second-order valence-electron chi connectivity index (χ2n) is 9.02. The van der Waals surface area contributed by atoms with Gasteiger partial charge in [-0.1, -0.05) is 91.0 Å². The van der Waals surface area contributed by atoms with Crippen molar-refractivity contribution in [3.63, 3.8) is 0 Å². The largest absolute Gasteiger partial charge is 0.394 e. The van der Waals surface area contributed by atoms with E-state index in [1.807, 2.05) is 91.0 Å². The highest BCUT2D eigenvalue weighted by Gasteiger charge is 2.55. The van der Waals surface area contributed by atoms with Crippen LogP contribution in [0.25, 0.3) is 0 Å². The van der Waals surface area contributed by atoms with Crippen LogP contribution in [0, 0.1) is 0 Å². The Kier molecular flexibility index (Phi) is 9.60. The molecule has 0 aliphatic carbocycles. The Balaban J connectivity index is 1.54. The minimum atomic E-state index is -1.73. The van der Waals surface area contributed by atoms with Gasteiger partial charge in [0, 0.05) is 0 Å². The van der Waals surface area contributed by atoms with Crippen LogP contribution in [0.4, 0.5) is 0 Å². The van der Waals surface area contributed by atoms with Crippen molar-refractivity contribution in [3.05, 3.63) is 108 Å². The Labute approximate surface area is 211 Å². The molecule has 1 heterocycles. The van der Waals surface area contributed by atoms with Crippen molar-refractivity contribution in [2.24, 2.45) is 0 Å². The summed E-state index contributed by atoms with van der Waals surface area (Å²) in [5, 5.41) is 32.7. The fraction of sp³-hybridized carbons (Fsp3) is 0.379. The number of hydrogen-bond donors (Lipinski definition) is 3. The van der Waals surface area contributed by atoms with Gasteiger partial charge in [0.25, 0.3) is 0 Å². The van der Waals surface area contributed by atoms with Crippen LogP contribution >= 0.6 is 0 Å². The molecule has 3 N–H and O–H groups in total. The zero-order valence-electron chi connectivity index (χ0n) is 20.2. The molecule has 5 atom stereocenters. The molecular formula is C29H34O7. The summed E-state index contributed by atoms with van der Waals surface area (Å²) >= 11 is 0. The van der Waals surface area contributed by atoms with E-state index in [9.17, 15) is 15.3 Å². The van der Waals surface area contributed by atoms with Crippen LogP contribution in [-0.2, 0) is 38.8 Å². The quantitative estimate of drug-likeness (QED) is 0.356. The van der Waals surface area contributed by atoms with Crippen molar-refractivity contribution in [2.45, 2.75) is 49.8 Å². The van der Waals surface area contributed by atoms with Crippen LogP contribution in [0.15, 0.2) is 91.0 Å². The second-order valence-corrected chi connectivity index (χ2v) is 9.02.